The van der Waals surface area contributed by atoms with Gasteiger partial charge in [0, 0.05) is 12.2 Å². The van der Waals surface area contributed by atoms with E-state index in [9.17, 15) is 0 Å². The first-order chi connectivity index (χ1) is 12.7. The highest BCUT2D eigenvalue weighted by Crippen LogP contribution is 2.25. The quantitative estimate of drug-likeness (QED) is 0.456. The fourth-order valence-corrected chi connectivity index (χ4v) is 2.83. The maximum atomic E-state index is 5.94. The summed E-state index contributed by atoms with van der Waals surface area (Å²) in [5, 5.41) is 3.39. The van der Waals surface area contributed by atoms with Crippen LogP contribution in [0.4, 0.5) is 5.69 Å². The first-order valence-electron chi connectivity index (χ1n) is 9.89. The van der Waals surface area contributed by atoms with Crippen LogP contribution in [0.3, 0.4) is 0 Å². The zero-order chi connectivity index (χ0) is 18.6. The topological polar surface area (TPSA) is 30.5 Å². The van der Waals surface area contributed by atoms with Gasteiger partial charge in [-0.1, -0.05) is 58.2 Å². The van der Waals surface area contributed by atoms with Crippen LogP contribution in [0.15, 0.2) is 48.5 Å². The first-order valence-corrected chi connectivity index (χ1v) is 9.89. The summed E-state index contributed by atoms with van der Waals surface area (Å²) in [7, 11) is 0. The highest BCUT2D eigenvalue weighted by molar-refractivity contribution is 5.46. The van der Waals surface area contributed by atoms with Gasteiger partial charge in [-0.05, 0) is 48.2 Å². The van der Waals surface area contributed by atoms with Crippen LogP contribution in [0, 0.1) is 0 Å². The molecule has 0 atom stereocenters. The van der Waals surface area contributed by atoms with Gasteiger partial charge in [0.05, 0.1) is 6.61 Å². The number of para-hydroxylation sites is 1. The number of hydrogen-bond acceptors (Lipinski definition) is 3. The van der Waals surface area contributed by atoms with Gasteiger partial charge < -0.3 is 14.8 Å². The molecule has 3 heteroatoms. The Hall–Kier alpha value is -2.16. The van der Waals surface area contributed by atoms with E-state index in [1.807, 2.05) is 24.3 Å². The summed E-state index contributed by atoms with van der Waals surface area (Å²) in [5.41, 5.74) is 2.34. The molecule has 0 aliphatic rings. The van der Waals surface area contributed by atoms with Crippen molar-refractivity contribution in [3.8, 4) is 11.5 Å². The molecular formula is C23H33NO2. The van der Waals surface area contributed by atoms with Crippen LogP contribution in [0.2, 0.25) is 0 Å². The summed E-state index contributed by atoms with van der Waals surface area (Å²) in [4.78, 5) is 0. The Kier molecular flexibility index (Phi) is 8.88. The molecule has 0 heterocycles. The van der Waals surface area contributed by atoms with Gasteiger partial charge in [-0.2, -0.15) is 0 Å². The molecule has 2 aromatic rings. The van der Waals surface area contributed by atoms with Crippen molar-refractivity contribution in [2.75, 3.05) is 25.1 Å². The molecule has 2 rings (SSSR count). The lowest BCUT2D eigenvalue weighted by Crippen LogP contribution is -2.12. The van der Waals surface area contributed by atoms with E-state index in [1.165, 1.54) is 24.8 Å². The number of rotatable bonds is 12. The smallest absolute Gasteiger partial charge is 0.122 e. The summed E-state index contributed by atoms with van der Waals surface area (Å²) < 4.78 is 11.7. The van der Waals surface area contributed by atoms with Crippen molar-refractivity contribution in [2.45, 2.75) is 52.4 Å². The number of unbranched alkanes of at least 4 members (excludes halogenated alkanes) is 3. The van der Waals surface area contributed by atoms with Crippen molar-refractivity contribution in [1.82, 2.24) is 0 Å². The highest BCUT2D eigenvalue weighted by Gasteiger charge is 2.06. The van der Waals surface area contributed by atoms with E-state index < -0.39 is 0 Å². The van der Waals surface area contributed by atoms with Crippen molar-refractivity contribution in [3.63, 3.8) is 0 Å². The predicted molar refractivity (Wildman–Crippen MR) is 111 cm³/mol. The SMILES string of the molecule is CCCCCCOc1ccc(NCCOc2ccccc2C(C)C)cc1. The summed E-state index contributed by atoms with van der Waals surface area (Å²) in [6.45, 7) is 8.81. The molecule has 0 amide bonds. The third kappa shape index (κ3) is 6.99. The van der Waals surface area contributed by atoms with Crippen LogP contribution in [-0.4, -0.2) is 19.8 Å². The van der Waals surface area contributed by atoms with E-state index in [0.29, 0.717) is 12.5 Å². The van der Waals surface area contributed by atoms with Crippen LogP contribution in [0.1, 0.15) is 57.9 Å². The molecule has 2 aromatic carbocycles. The number of hydrogen-bond donors (Lipinski definition) is 1. The summed E-state index contributed by atoms with van der Waals surface area (Å²) in [6, 6.07) is 16.4. The predicted octanol–water partition coefficient (Wildman–Crippen LogP) is 6.26. The van der Waals surface area contributed by atoms with Crippen LogP contribution < -0.4 is 14.8 Å². The normalized spacial score (nSPS) is 10.8. The molecule has 1 N–H and O–H groups in total. The molecule has 0 aliphatic carbocycles. The first kappa shape index (κ1) is 20.2. The minimum atomic E-state index is 0.466. The minimum absolute atomic E-state index is 0.466. The van der Waals surface area contributed by atoms with Crippen molar-refractivity contribution in [2.24, 2.45) is 0 Å². The lowest BCUT2D eigenvalue weighted by Gasteiger charge is -2.14. The molecule has 0 bridgehead atoms. The fourth-order valence-electron chi connectivity index (χ4n) is 2.83. The Labute approximate surface area is 158 Å². The fraction of sp³-hybridized carbons (Fsp3) is 0.478. The Balaban J connectivity index is 1.68. The molecule has 0 unspecified atom stereocenters. The van der Waals surface area contributed by atoms with Crippen molar-refractivity contribution < 1.29 is 9.47 Å². The molecule has 0 saturated carbocycles. The van der Waals surface area contributed by atoms with E-state index in [4.69, 9.17) is 9.47 Å². The summed E-state index contributed by atoms with van der Waals surface area (Å²) in [5.74, 6) is 2.39. The molecule has 3 nitrogen and oxygen atoms in total. The molecule has 0 radical (unpaired) electrons. The zero-order valence-electron chi connectivity index (χ0n) is 16.5. The Morgan fingerprint density at radius 3 is 2.35 bits per heavy atom. The van der Waals surface area contributed by atoms with Crippen LogP contribution in [0.5, 0.6) is 11.5 Å². The second kappa shape index (κ2) is 11.5. The average Bonchev–Trinajstić information content (AvgIpc) is 2.66. The highest BCUT2D eigenvalue weighted by atomic mass is 16.5. The minimum Gasteiger partial charge on any atom is -0.494 e. The third-order valence-corrected chi connectivity index (χ3v) is 4.35. The van der Waals surface area contributed by atoms with Gasteiger partial charge in [0.1, 0.15) is 18.1 Å². The standard InChI is InChI=1S/C23H33NO2/c1-4-5-6-9-17-25-21-14-12-20(13-15-21)24-16-18-26-23-11-8-7-10-22(23)19(2)3/h7-8,10-15,19,24H,4-6,9,16-18H2,1-3H3. The maximum Gasteiger partial charge on any atom is 0.122 e. The van der Waals surface area contributed by atoms with Gasteiger partial charge in [-0.25, -0.2) is 0 Å². The number of anilines is 1. The lowest BCUT2D eigenvalue weighted by atomic mass is 10.0. The number of ether oxygens (including phenoxy) is 2. The molecular weight excluding hydrogens is 322 g/mol. The van der Waals surface area contributed by atoms with Gasteiger partial charge in [0.15, 0.2) is 0 Å². The van der Waals surface area contributed by atoms with Crippen molar-refractivity contribution >= 4 is 5.69 Å². The van der Waals surface area contributed by atoms with Crippen LogP contribution in [0.25, 0.3) is 0 Å². The van der Waals surface area contributed by atoms with Gasteiger partial charge >= 0.3 is 0 Å². The Morgan fingerprint density at radius 1 is 0.846 bits per heavy atom. The third-order valence-electron chi connectivity index (χ3n) is 4.35. The zero-order valence-corrected chi connectivity index (χ0v) is 16.5. The largest absolute Gasteiger partial charge is 0.494 e. The van der Waals surface area contributed by atoms with E-state index in [1.54, 1.807) is 0 Å². The molecule has 0 fully saturated rings. The summed E-state index contributed by atoms with van der Waals surface area (Å²) in [6.07, 6.45) is 4.92. The maximum absolute atomic E-state index is 5.94. The summed E-state index contributed by atoms with van der Waals surface area (Å²) >= 11 is 0. The molecule has 0 aromatic heterocycles. The van der Waals surface area contributed by atoms with E-state index in [2.05, 4.69) is 50.4 Å². The molecule has 0 saturated heterocycles. The lowest BCUT2D eigenvalue weighted by molar-refractivity contribution is 0.305. The number of benzene rings is 2. The van der Waals surface area contributed by atoms with Gasteiger partial charge in [-0.3, -0.25) is 0 Å². The molecule has 0 spiro atoms. The van der Waals surface area contributed by atoms with Crippen molar-refractivity contribution in [3.05, 3.63) is 54.1 Å². The van der Waals surface area contributed by atoms with E-state index in [-0.39, 0.29) is 0 Å². The Bertz CT molecular complexity index is 622. The van der Waals surface area contributed by atoms with Crippen LogP contribution >= 0.6 is 0 Å². The van der Waals surface area contributed by atoms with Crippen molar-refractivity contribution in [1.29, 1.82) is 0 Å². The molecule has 142 valence electrons. The Morgan fingerprint density at radius 2 is 1.62 bits per heavy atom. The van der Waals surface area contributed by atoms with Gasteiger partial charge in [0.2, 0.25) is 0 Å². The van der Waals surface area contributed by atoms with E-state index in [0.717, 1.165) is 36.8 Å². The second-order valence-corrected chi connectivity index (χ2v) is 6.90. The van der Waals surface area contributed by atoms with E-state index >= 15 is 0 Å². The van der Waals surface area contributed by atoms with Gasteiger partial charge in [-0.15, -0.1) is 0 Å². The average molecular weight is 356 g/mol. The monoisotopic (exact) mass is 355 g/mol. The molecule has 0 aliphatic heterocycles. The van der Waals surface area contributed by atoms with Gasteiger partial charge in [0.25, 0.3) is 0 Å². The second-order valence-electron chi connectivity index (χ2n) is 6.90. The van der Waals surface area contributed by atoms with Crippen LogP contribution in [-0.2, 0) is 0 Å². The number of nitrogens with one attached hydrogen (secondary N) is 1. The molecule has 26 heavy (non-hydrogen) atoms.